The van der Waals surface area contributed by atoms with Crippen molar-refractivity contribution in [2.24, 2.45) is 11.8 Å². The van der Waals surface area contributed by atoms with E-state index in [0.29, 0.717) is 18.0 Å². The number of hydrogen-bond donors (Lipinski definition) is 1. The molecule has 3 atom stereocenters. The molecule has 1 N–H and O–H groups in total. The van der Waals surface area contributed by atoms with E-state index in [1.54, 1.807) is 7.11 Å². The predicted octanol–water partition coefficient (Wildman–Crippen LogP) is 3.17. The maximum absolute atomic E-state index is 5.52. The number of rotatable bonds is 5. The van der Waals surface area contributed by atoms with E-state index >= 15 is 0 Å². The van der Waals surface area contributed by atoms with Crippen molar-refractivity contribution in [3.8, 4) is 5.75 Å². The van der Waals surface area contributed by atoms with Crippen molar-refractivity contribution in [3.05, 3.63) is 11.9 Å². The van der Waals surface area contributed by atoms with E-state index in [-0.39, 0.29) is 0 Å². The minimum absolute atomic E-state index is 0.338. The molecule has 108 valence electrons. The number of nitrogens with one attached hydrogen (secondary N) is 1. The fourth-order valence-electron chi connectivity index (χ4n) is 3.37. The molecule has 1 fully saturated rings. The lowest BCUT2D eigenvalue weighted by atomic mass is 9.93. The summed E-state index contributed by atoms with van der Waals surface area (Å²) in [5.41, 5.74) is 1.21. The molecule has 0 amide bonds. The van der Waals surface area contributed by atoms with E-state index in [0.717, 1.165) is 11.7 Å². The highest BCUT2D eigenvalue weighted by atomic mass is 16.5. The van der Waals surface area contributed by atoms with E-state index < -0.39 is 0 Å². The maximum Gasteiger partial charge on any atom is 0.161 e. The molecule has 1 aromatic rings. The van der Waals surface area contributed by atoms with Crippen LogP contribution in [-0.2, 0) is 0 Å². The van der Waals surface area contributed by atoms with Gasteiger partial charge in [0.15, 0.2) is 5.75 Å². The normalized spacial score (nSPS) is 24.9. The summed E-state index contributed by atoms with van der Waals surface area (Å²) < 4.78 is 7.62. The van der Waals surface area contributed by atoms with Crippen LogP contribution in [0.5, 0.6) is 5.75 Å². The molecule has 0 spiro atoms. The Kier molecular flexibility index (Phi) is 4.50. The van der Waals surface area contributed by atoms with Gasteiger partial charge in [-0.05, 0) is 45.6 Å². The van der Waals surface area contributed by atoms with Gasteiger partial charge in [-0.15, -0.1) is 0 Å². The van der Waals surface area contributed by atoms with Crippen molar-refractivity contribution in [1.29, 1.82) is 0 Å². The number of ether oxygens (including phenoxy) is 1. The van der Waals surface area contributed by atoms with Crippen LogP contribution in [0.3, 0.4) is 0 Å². The van der Waals surface area contributed by atoms with Crippen LogP contribution in [-0.4, -0.2) is 23.9 Å². The Bertz CT molecular complexity index is 414. The fourth-order valence-corrected chi connectivity index (χ4v) is 3.37. The van der Waals surface area contributed by atoms with Gasteiger partial charge in [-0.25, -0.2) is 0 Å². The largest absolute Gasteiger partial charge is 0.493 e. The van der Waals surface area contributed by atoms with Gasteiger partial charge in [0.2, 0.25) is 0 Å². The molecule has 0 saturated heterocycles. The zero-order chi connectivity index (χ0) is 14.0. The van der Waals surface area contributed by atoms with Crippen LogP contribution in [0.1, 0.15) is 57.8 Å². The lowest BCUT2D eigenvalue weighted by molar-refractivity contribution is 0.328. The predicted molar refractivity (Wildman–Crippen MR) is 77.5 cm³/mol. The summed E-state index contributed by atoms with van der Waals surface area (Å²) in [6.45, 7) is 6.68. The number of aromatic nitrogens is 2. The van der Waals surface area contributed by atoms with Gasteiger partial charge in [-0.2, -0.15) is 5.10 Å². The smallest absolute Gasteiger partial charge is 0.161 e. The Balaban J connectivity index is 2.33. The fraction of sp³-hybridized carbons (Fsp3) is 0.800. The average molecular weight is 265 g/mol. The Morgan fingerprint density at radius 2 is 2.16 bits per heavy atom. The Morgan fingerprint density at radius 3 is 2.63 bits per heavy atom. The standard InChI is InChI=1S/C15H27N3O/c1-10(2)18-15(13(19-5)9-17-18)14(16-4)12-7-6-11(3)8-12/h9-12,14,16H,6-8H2,1-5H3. The van der Waals surface area contributed by atoms with Crippen molar-refractivity contribution in [2.75, 3.05) is 14.2 Å². The Morgan fingerprint density at radius 1 is 1.42 bits per heavy atom. The summed E-state index contributed by atoms with van der Waals surface area (Å²) in [5, 5.41) is 7.99. The van der Waals surface area contributed by atoms with E-state index in [1.807, 2.05) is 13.2 Å². The first kappa shape index (κ1) is 14.4. The molecule has 19 heavy (non-hydrogen) atoms. The summed E-state index contributed by atoms with van der Waals surface area (Å²) >= 11 is 0. The first-order valence-corrected chi connectivity index (χ1v) is 7.37. The monoisotopic (exact) mass is 265 g/mol. The molecule has 3 unspecified atom stereocenters. The second-order valence-electron chi connectivity index (χ2n) is 6.08. The highest BCUT2D eigenvalue weighted by Crippen LogP contribution is 2.41. The van der Waals surface area contributed by atoms with Crippen LogP contribution in [0.25, 0.3) is 0 Å². The summed E-state index contributed by atoms with van der Waals surface area (Å²) in [4.78, 5) is 0. The number of methoxy groups -OCH3 is 1. The molecular weight excluding hydrogens is 238 g/mol. The summed E-state index contributed by atoms with van der Waals surface area (Å²) in [6, 6.07) is 0.693. The van der Waals surface area contributed by atoms with Crippen molar-refractivity contribution in [3.63, 3.8) is 0 Å². The Hall–Kier alpha value is -1.03. The summed E-state index contributed by atoms with van der Waals surface area (Å²) in [6.07, 6.45) is 5.76. The van der Waals surface area contributed by atoms with Crippen LogP contribution in [0.4, 0.5) is 0 Å². The third-order valence-corrected chi connectivity index (χ3v) is 4.32. The molecular formula is C15H27N3O. The molecule has 0 aliphatic heterocycles. The molecule has 4 heteroatoms. The zero-order valence-electron chi connectivity index (χ0n) is 12.8. The van der Waals surface area contributed by atoms with Gasteiger partial charge in [0, 0.05) is 6.04 Å². The van der Waals surface area contributed by atoms with Gasteiger partial charge in [0.05, 0.1) is 25.0 Å². The second kappa shape index (κ2) is 5.95. The minimum Gasteiger partial charge on any atom is -0.493 e. The Labute approximate surface area is 116 Å². The lowest BCUT2D eigenvalue weighted by Crippen LogP contribution is -2.27. The first-order valence-electron chi connectivity index (χ1n) is 7.37. The zero-order valence-corrected chi connectivity index (χ0v) is 12.8. The molecule has 0 bridgehead atoms. The van der Waals surface area contributed by atoms with Gasteiger partial charge in [-0.3, -0.25) is 4.68 Å². The van der Waals surface area contributed by atoms with E-state index in [9.17, 15) is 0 Å². The molecule has 0 radical (unpaired) electrons. The van der Waals surface area contributed by atoms with Gasteiger partial charge in [0.25, 0.3) is 0 Å². The van der Waals surface area contributed by atoms with Crippen molar-refractivity contribution in [1.82, 2.24) is 15.1 Å². The van der Waals surface area contributed by atoms with Crippen LogP contribution in [0.15, 0.2) is 6.20 Å². The highest BCUT2D eigenvalue weighted by molar-refractivity contribution is 5.29. The van der Waals surface area contributed by atoms with Crippen LogP contribution < -0.4 is 10.1 Å². The molecule has 1 heterocycles. The van der Waals surface area contributed by atoms with E-state index in [1.165, 1.54) is 25.0 Å². The van der Waals surface area contributed by atoms with Gasteiger partial charge in [-0.1, -0.05) is 13.3 Å². The van der Waals surface area contributed by atoms with Gasteiger partial charge < -0.3 is 10.1 Å². The van der Waals surface area contributed by atoms with Crippen molar-refractivity contribution in [2.45, 2.75) is 52.1 Å². The molecule has 1 saturated carbocycles. The number of hydrogen-bond acceptors (Lipinski definition) is 3. The van der Waals surface area contributed by atoms with Crippen molar-refractivity contribution >= 4 is 0 Å². The molecule has 2 rings (SSSR count). The van der Waals surface area contributed by atoms with Crippen LogP contribution in [0, 0.1) is 11.8 Å². The third-order valence-electron chi connectivity index (χ3n) is 4.32. The van der Waals surface area contributed by atoms with Crippen LogP contribution >= 0.6 is 0 Å². The highest BCUT2D eigenvalue weighted by Gasteiger charge is 2.33. The summed E-state index contributed by atoms with van der Waals surface area (Å²) in [5.74, 6) is 2.43. The van der Waals surface area contributed by atoms with E-state index in [4.69, 9.17) is 4.74 Å². The molecule has 4 nitrogen and oxygen atoms in total. The summed E-state index contributed by atoms with van der Waals surface area (Å²) in [7, 11) is 3.78. The molecule has 1 aliphatic rings. The average Bonchev–Trinajstić information content (AvgIpc) is 2.97. The van der Waals surface area contributed by atoms with E-state index in [2.05, 4.69) is 35.9 Å². The second-order valence-corrected chi connectivity index (χ2v) is 6.08. The maximum atomic E-state index is 5.52. The van der Waals surface area contributed by atoms with Gasteiger partial charge >= 0.3 is 0 Å². The lowest BCUT2D eigenvalue weighted by Gasteiger charge is -2.26. The first-order chi connectivity index (χ1) is 9.08. The topological polar surface area (TPSA) is 39.1 Å². The SMILES string of the molecule is CNC(c1c(OC)cnn1C(C)C)C1CCC(C)C1. The molecule has 1 aromatic heterocycles. The van der Waals surface area contributed by atoms with Gasteiger partial charge in [0.1, 0.15) is 0 Å². The quantitative estimate of drug-likeness (QED) is 0.888. The molecule has 1 aliphatic carbocycles. The number of nitrogens with zero attached hydrogens (tertiary/aromatic N) is 2. The van der Waals surface area contributed by atoms with Crippen LogP contribution in [0.2, 0.25) is 0 Å². The molecule has 0 aromatic carbocycles. The third kappa shape index (κ3) is 2.78. The minimum atomic E-state index is 0.338. The van der Waals surface area contributed by atoms with Crippen molar-refractivity contribution < 1.29 is 4.74 Å².